The third-order valence-electron chi connectivity index (χ3n) is 2.37. The predicted octanol–water partition coefficient (Wildman–Crippen LogP) is 2.81. The lowest BCUT2D eigenvalue weighted by Crippen LogP contribution is -1.98. The van der Waals surface area contributed by atoms with Crippen molar-refractivity contribution in [2.45, 2.75) is 32.1 Å². The maximum Gasteiger partial charge on any atom is 0.303 e. The van der Waals surface area contributed by atoms with Gasteiger partial charge in [0.05, 0.1) is 6.61 Å². The Morgan fingerprint density at radius 2 is 1.94 bits per heavy atom. The van der Waals surface area contributed by atoms with Crippen LogP contribution in [-0.2, 0) is 4.79 Å². The summed E-state index contributed by atoms with van der Waals surface area (Å²) in [5, 5.41) is 17.6. The lowest BCUT2D eigenvalue weighted by atomic mass is 10.1. The fourth-order valence-corrected chi connectivity index (χ4v) is 1.50. The van der Waals surface area contributed by atoms with E-state index in [0.29, 0.717) is 12.4 Å². The summed E-state index contributed by atoms with van der Waals surface area (Å²) in [5.41, 5.74) is 0. The van der Waals surface area contributed by atoms with Crippen LogP contribution in [0.2, 0.25) is 0 Å². The third kappa shape index (κ3) is 6.45. The van der Waals surface area contributed by atoms with Crippen LogP contribution in [0.5, 0.6) is 11.5 Å². The molecule has 94 valence electrons. The zero-order chi connectivity index (χ0) is 12.5. The van der Waals surface area contributed by atoms with Crippen molar-refractivity contribution in [1.82, 2.24) is 0 Å². The summed E-state index contributed by atoms with van der Waals surface area (Å²) in [5.74, 6) is 0.125. The Bertz CT molecular complexity index is 349. The molecule has 0 fully saturated rings. The van der Waals surface area contributed by atoms with E-state index >= 15 is 0 Å². The molecule has 0 aliphatic heterocycles. The van der Waals surface area contributed by atoms with E-state index in [9.17, 15) is 9.90 Å². The van der Waals surface area contributed by atoms with E-state index in [0.717, 1.165) is 25.7 Å². The minimum absolute atomic E-state index is 0.198. The van der Waals surface area contributed by atoms with E-state index in [4.69, 9.17) is 9.84 Å². The van der Waals surface area contributed by atoms with E-state index in [1.807, 2.05) is 0 Å². The van der Waals surface area contributed by atoms with E-state index in [1.165, 1.54) is 0 Å². The molecule has 0 saturated carbocycles. The molecule has 0 amide bonds. The van der Waals surface area contributed by atoms with Gasteiger partial charge in [0.25, 0.3) is 0 Å². The molecule has 0 aliphatic carbocycles. The lowest BCUT2D eigenvalue weighted by Gasteiger charge is -2.05. The van der Waals surface area contributed by atoms with E-state index < -0.39 is 5.97 Å². The van der Waals surface area contributed by atoms with Crippen LogP contribution in [0, 0.1) is 0 Å². The van der Waals surface area contributed by atoms with Crippen LogP contribution in [0.3, 0.4) is 0 Å². The topological polar surface area (TPSA) is 66.8 Å². The van der Waals surface area contributed by atoms with Gasteiger partial charge in [-0.15, -0.1) is 0 Å². The third-order valence-corrected chi connectivity index (χ3v) is 2.37. The Morgan fingerprint density at radius 3 is 2.65 bits per heavy atom. The van der Waals surface area contributed by atoms with Crippen molar-refractivity contribution in [3.8, 4) is 11.5 Å². The van der Waals surface area contributed by atoms with Gasteiger partial charge in [0, 0.05) is 12.5 Å². The second-order valence-electron chi connectivity index (χ2n) is 3.90. The minimum Gasteiger partial charge on any atom is -0.508 e. The standard InChI is InChI=1S/C13H18O4/c14-11-6-5-7-12(10-11)17-9-4-2-1-3-8-13(15)16/h5-7,10,14H,1-4,8-9H2,(H,15,16). The Morgan fingerprint density at radius 1 is 1.18 bits per heavy atom. The second kappa shape index (κ2) is 7.54. The molecule has 0 heterocycles. The molecule has 0 bridgehead atoms. The maximum absolute atomic E-state index is 10.3. The summed E-state index contributed by atoms with van der Waals surface area (Å²) >= 11 is 0. The smallest absolute Gasteiger partial charge is 0.303 e. The van der Waals surface area contributed by atoms with Gasteiger partial charge < -0.3 is 14.9 Å². The van der Waals surface area contributed by atoms with Crippen LogP contribution in [0.4, 0.5) is 0 Å². The molecule has 1 rings (SSSR count). The van der Waals surface area contributed by atoms with Crippen molar-refractivity contribution in [2.75, 3.05) is 6.61 Å². The number of carboxylic acid groups (broad SMARTS) is 1. The molecule has 0 atom stereocenters. The largest absolute Gasteiger partial charge is 0.508 e. The van der Waals surface area contributed by atoms with Crippen molar-refractivity contribution in [1.29, 1.82) is 0 Å². The number of unbranched alkanes of at least 4 members (excludes halogenated alkanes) is 3. The van der Waals surface area contributed by atoms with Crippen LogP contribution in [-0.4, -0.2) is 22.8 Å². The second-order valence-corrected chi connectivity index (χ2v) is 3.90. The summed E-state index contributed by atoms with van der Waals surface area (Å²) in [7, 11) is 0. The van der Waals surface area contributed by atoms with Gasteiger partial charge in [-0.2, -0.15) is 0 Å². The van der Waals surface area contributed by atoms with Gasteiger partial charge in [-0.05, 0) is 25.0 Å². The Kier molecular flexibility index (Phi) is 5.93. The van der Waals surface area contributed by atoms with Crippen molar-refractivity contribution < 1.29 is 19.7 Å². The molecular formula is C13H18O4. The lowest BCUT2D eigenvalue weighted by molar-refractivity contribution is -0.137. The van der Waals surface area contributed by atoms with Gasteiger partial charge in [-0.1, -0.05) is 18.9 Å². The summed E-state index contributed by atoms with van der Waals surface area (Å²) < 4.78 is 5.44. The van der Waals surface area contributed by atoms with Crippen LogP contribution in [0.25, 0.3) is 0 Å². The molecule has 4 nitrogen and oxygen atoms in total. The number of phenols is 1. The highest BCUT2D eigenvalue weighted by molar-refractivity contribution is 5.66. The predicted molar refractivity (Wildman–Crippen MR) is 64.3 cm³/mol. The molecule has 1 aromatic rings. The Hall–Kier alpha value is -1.71. The SMILES string of the molecule is O=C(O)CCCCCCOc1cccc(O)c1. The van der Waals surface area contributed by atoms with Gasteiger partial charge in [-0.25, -0.2) is 0 Å². The first-order valence-electron chi connectivity index (χ1n) is 5.82. The summed E-state index contributed by atoms with van der Waals surface area (Å²) in [6.07, 6.45) is 3.74. The normalized spacial score (nSPS) is 10.1. The molecule has 2 N–H and O–H groups in total. The van der Waals surface area contributed by atoms with Crippen LogP contribution >= 0.6 is 0 Å². The van der Waals surface area contributed by atoms with Gasteiger partial charge in [0.2, 0.25) is 0 Å². The highest BCUT2D eigenvalue weighted by Crippen LogP contribution is 2.17. The molecule has 17 heavy (non-hydrogen) atoms. The summed E-state index contributed by atoms with van der Waals surface area (Å²) in [4.78, 5) is 10.3. The molecule has 0 aromatic heterocycles. The molecule has 0 aliphatic rings. The zero-order valence-corrected chi connectivity index (χ0v) is 9.76. The maximum atomic E-state index is 10.3. The Labute approximate surface area is 101 Å². The van der Waals surface area contributed by atoms with Gasteiger partial charge in [0.15, 0.2) is 0 Å². The summed E-state index contributed by atoms with van der Waals surface area (Å²) in [6.45, 7) is 0.594. The molecule has 0 saturated heterocycles. The van der Waals surface area contributed by atoms with Crippen molar-refractivity contribution in [3.05, 3.63) is 24.3 Å². The van der Waals surface area contributed by atoms with E-state index in [2.05, 4.69) is 0 Å². The Balaban J connectivity index is 2.03. The number of aromatic hydroxyl groups is 1. The number of phenolic OH excluding ortho intramolecular Hbond substituents is 1. The van der Waals surface area contributed by atoms with Crippen molar-refractivity contribution in [3.63, 3.8) is 0 Å². The van der Waals surface area contributed by atoms with Crippen LogP contribution in [0.1, 0.15) is 32.1 Å². The summed E-state index contributed by atoms with van der Waals surface area (Å²) in [6, 6.07) is 6.70. The first-order chi connectivity index (χ1) is 8.18. The average Bonchev–Trinajstić information content (AvgIpc) is 2.27. The van der Waals surface area contributed by atoms with Crippen molar-refractivity contribution >= 4 is 5.97 Å². The first kappa shape index (κ1) is 13.4. The number of carbonyl (C=O) groups is 1. The monoisotopic (exact) mass is 238 g/mol. The van der Waals surface area contributed by atoms with Crippen molar-refractivity contribution in [2.24, 2.45) is 0 Å². The van der Waals surface area contributed by atoms with Gasteiger partial charge >= 0.3 is 5.97 Å². The first-order valence-corrected chi connectivity index (χ1v) is 5.82. The molecular weight excluding hydrogens is 220 g/mol. The number of carboxylic acids is 1. The van der Waals surface area contributed by atoms with Gasteiger partial charge in [-0.3, -0.25) is 4.79 Å². The number of rotatable bonds is 8. The van der Waals surface area contributed by atoms with E-state index in [-0.39, 0.29) is 12.2 Å². The number of hydrogen-bond donors (Lipinski definition) is 2. The van der Waals surface area contributed by atoms with Crippen LogP contribution in [0.15, 0.2) is 24.3 Å². The highest BCUT2D eigenvalue weighted by Gasteiger charge is 1.97. The van der Waals surface area contributed by atoms with Gasteiger partial charge in [0.1, 0.15) is 11.5 Å². The number of hydrogen-bond acceptors (Lipinski definition) is 3. The number of ether oxygens (including phenoxy) is 1. The van der Waals surface area contributed by atoms with Crippen LogP contribution < -0.4 is 4.74 Å². The fraction of sp³-hybridized carbons (Fsp3) is 0.462. The fourth-order valence-electron chi connectivity index (χ4n) is 1.50. The number of benzene rings is 1. The quantitative estimate of drug-likeness (QED) is 0.683. The molecule has 0 radical (unpaired) electrons. The molecule has 0 spiro atoms. The highest BCUT2D eigenvalue weighted by atomic mass is 16.5. The zero-order valence-electron chi connectivity index (χ0n) is 9.76. The van der Waals surface area contributed by atoms with E-state index in [1.54, 1.807) is 24.3 Å². The molecule has 0 unspecified atom stereocenters. The molecule has 4 heteroatoms. The molecule has 1 aromatic carbocycles. The minimum atomic E-state index is -0.735. The average molecular weight is 238 g/mol. The number of aliphatic carboxylic acids is 1.